The lowest BCUT2D eigenvalue weighted by Gasteiger charge is -2.21. The summed E-state index contributed by atoms with van der Waals surface area (Å²) in [5, 5.41) is 25.6. The zero-order chi connectivity index (χ0) is 42.7. The van der Waals surface area contributed by atoms with E-state index in [-0.39, 0.29) is 45.2 Å². The average molecular weight is 843 g/mol. The maximum atomic E-state index is 14.1. The van der Waals surface area contributed by atoms with Gasteiger partial charge in [-0.15, -0.1) is 8.73 Å². The molecule has 4 heterocycles. The summed E-state index contributed by atoms with van der Waals surface area (Å²) >= 11 is 0. The predicted octanol–water partition coefficient (Wildman–Crippen LogP) is 8.14. The van der Waals surface area contributed by atoms with Crippen LogP contribution in [0.4, 0.5) is 25.4 Å². The molecule has 0 saturated carbocycles. The quantitative estimate of drug-likeness (QED) is 0.135. The molecule has 2 aromatic heterocycles. The molecule has 6 N–H and O–H groups in total. The highest BCUT2D eigenvalue weighted by Crippen LogP contribution is 2.36. The maximum absolute atomic E-state index is 14.1. The number of urea groups is 2. The van der Waals surface area contributed by atoms with Crippen molar-refractivity contribution >= 4 is 43.3 Å². The Morgan fingerprint density at radius 2 is 1.03 bits per heavy atom. The first kappa shape index (κ1) is 44.3. The second-order valence-corrected chi connectivity index (χ2v) is 19.1. The number of fused-ring (bicyclic) bond motifs is 2. The molecule has 4 aromatic rings. The minimum atomic E-state index is -3.57. The molecule has 0 aliphatic carbocycles. The Kier molecular flexibility index (Phi) is 13.7. The van der Waals surface area contributed by atoms with Gasteiger partial charge in [0.25, 0.3) is 0 Å². The summed E-state index contributed by atoms with van der Waals surface area (Å²) in [6, 6.07) is 5.24. The number of rotatable bonds is 8. The maximum Gasteiger partial charge on any atom is 0.354 e. The van der Waals surface area contributed by atoms with Crippen LogP contribution in [0.15, 0.2) is 55.2 Å². The lowest BCUT2D eigenvalue weighted by atomic mass is 9.90. The van der Waals surface area contributed by atoms with E-state index in [0.29, 0.717) is 54.7 Å². The molecule has 58 heavy (non-hydrogen) atoms. The second kappa shape index (κ2) is 18.0. The van der Waals surface area contributed by atoms with Gasteiger partial charge in [0.1, 0.15) is 15.6 Å². The molecule has 0 radical (unpaired) electrons. The normalized spacial score (nSPS) is 15.6. The van der Waals surface area contributed by atoms with Crippen molar-refractivity contribution in [3.05, 3.63) is 70.3 Å². The Labute approximate surface area is 340 Å². The van der Waals surface area contributed by atoms with Crippen molar-refractivity contribution in [3.63, 3.8) is 0 Å². The standard InChI is InChI=1S/C20H29N5O3S.C19H26FN5O3S/c1-12(2)15-9-14(5)10-16(13(3)4)18(15)23-20(26)24-29(21,27)17-11-22-25-7-6-8-28-19(17)25;1-11(2)14-8-13(20)9-15(12(3)4)17(14)23-19(26)24-29(21,27)16-10-22-25-6-5-7-28-18(16)25/h9-13H,6-8H2,1-5H3,(H3,21,23,24,26,27);8-12H,5-7H2,1-4H3,(H3,21,23,24,26,27). The highest BCUT2D eigenvalue weighted by molar-refractivity contribution is 7.92. The number of carbonyl (C=O) groups is 2. The summed E-state index contributed by atoms with van der Waals surface area (Å²) in [6.07, 6.45) is 4.26. The van der Waals surface area contributed by atoms with Crippen LogP contribution in [0.5, 0.6) is 11.8 Å². The summed E-state index contributed by atoms with van der Waals surface area (Å²) in [5.74, 6) is 0.517. The zero-order valence-electron chi connectivity index (χ0n) is 34.5. The number of anilines is 2. The summed E-state index contributed by atoms with van der Waals surface area (Å²) < 4.78 is 61.8. The number of nitrogens with zero attached hydrogens (tertiary/aromatic N) is 6. The first-order valence-electron chi connectivity index (χ1n) is 19.3. The molecule has 316 valence electrons. The van der Waals surface area contributed by atoms with Crippen LogP contribution in [-0.4, -0.2) is 53.3 Å². The third-order valence-electron chi connectivity index (χ3n) is 9.55. The van der Waals surface area contributed by atoms with Gasteiger partial charge >= 0.3 is 12.1 Å². The van der Waals surface area contributed by atoms with E-state index in [1.165, 1.54) is 24.5 Å². The third kappa shape index (κ3) is 10.0. The molecule has 0 spiro atoms. The largest absolute Gasteiger partial charge is 0.477 e. The molecule has 2 aliphatic heterocycles. The van der Waals surface area contributed by atoms with Crippen molar-refractivity contribution in [2.45, 2.75) is 122 Å². The van der Waals surface area contributed by atoms with Gasteiger partial charge in [-0.3, -0.25) is 0 Å². The highest BCUT2D eigenvalue weighted by Gasteiger charge is 2.27. The molecule has 4 amide bonds. The lowest BCUT2D eigenvalue weighted by Crippen LogP contribution is -2.21. The van der Waals surface area contributed by atoms with E-state index >= 15 is 0 Å². The number of aryl methyl sites for hydroxylation is 3. The van der Waals surface area contributed by atoms with Crippen molar-refractivity contribution in [2.75, 3.05) is 23.8 Å². The van der Waals surface area contributed by atoms with Gasteiger partial charge < -0.3 is 20.1 Å². The van der Waals surface area contributed by atoms with Gasteiger partial charge in [-0.1, -0.05) is 73.1 Å². The van der Waals surface area contributed by atoms with Crippen LogP contribution in [0.1, 0.15) is 120 Å². The number of nitrogens with two attached hydrogens (primary N) is 2. The molecule has 2 unspecified atom stereocenters. The molecule has 0 bridgehead atoms. The Balaban J connectivity index is 0.000000221. The molecular formula is C39H55FN10O6S2. The van der Waals surface area contributed by atoms with Crippen LogP contribution in [0.25, 0.3) is 0 Å². The highest BCUT2D eigenvalue weighted by atomic mass is 32.2. The van der Waals surface area contributed by atoms with Gasteiger partial charge in [-0.05, 0) is 65.0 Å². The molecule has 2 atom stereocenters. The summed E-state index contributed by atoms with van der Waals surface area (Å²) in [7, 11) is -7.07. The Morgan fingerprint density at radius 3 is 1.38 bits per heavy atom. The number of benzene rings is 2. The molecule has 2 aliphatic rings. The lowest BCUT2D eigenvalue weighted by molar-refractivity contribution is 0.224. The van der Waals surface area contributed by atoms with Crippen LogP contribution in [0.3, 0.4) is 0 Å². The van der Waals surface area contributed by atoms with E-state index in [1.807, 2.05) is 46.8 Å². The molecule has 19 heteroatoms. The molecule has 16 nitrogen and oxygen atoms in total. The number of halogens is 1. The first-order valence-corrected chi connectivity index (χ1v) is 22.4. The number of nitrogens with one attached hydrogen (secondary N) is 2. The Hall–Kier alpha value is -4.85. The number of hydrogen-bond acceptors (Lipinski definition) is 8. The number of carbonyl (C=O) groups excluding carboxylic acids is 2. The molecular weight excluding hydrogens is 788 g/mol. The SMILES string of the molecule is CC(C)c1cc(F)cc(C(C)C)c1NC(=O)N=S(N)(=O)c1cnn2c1OCCC2.Cc1cc(C(C)C)c(NC(=O)N=S(N)(=O)c2cnn3c2OCCC3)c(C(C)C)c1. The van der Waals surface area contributed by atoms with Crippen LogP contribution < -0.4 is 30.4 Å². The van der Waals surface area contributed by atoms with Crippen LogP contribution in [0, 0.1) is 12.7 Å². The van der Waals surface area contributed by atoms with E-state index in [2.05, 4.69) is 57.3 Å². The second-order valence-electron chi connectivity index (χ2n) is 15.6. The van der Waals surface area contributed by atoms with E-state index in [9.17, 15) is 22.4 Å². The molecule has 0 fully saturated rings. The summed E-state index contributed by atoms with van der Waals surface area (Å²) in [6.45, 7) is 20.1. The molecule has 6 rings (SSSR count). The van der Waals surface area contributed by atoms with Gasteiger partial charge in [-0.2, -0.15) is 10.2 Å². The van der Waals surface area contributed by atoms with Gasteiger partial charge in [0, 0.05) is 37.3 Å². The van der Waals surface area contributed by atoms with Crippen molar-refractivity contribution in [1.82, 2.24) is 19.6 Å². The number of amides is 4. The average Bonchev–Trinajstić information content (AvgIpc) is 3.78. The molecule has 0 saturated heterocycles. The topological polar surface area (TPSA) is 223 Å². The number of ether oxygens (including phenoxy) is 2. The fourth-order valence-electron chi connectivity index (χ4n) is 6.70. The Morgan fingerprint density at radius 1 is 0.690 bits per heavy atom. The zero-order valence-corrected chi connectivity index (χ0v) is 36.1. The first-order chi connectivity index (χ1) is 27.2. The van der Waals surface area contributed by atoms with Gasteiger partial charge in [-0.25, -0.2) is 42.0 Å². The fraction of sp³-hybridized carbons (Fsp3) is 0.487. The minimum Gasteiger partial charge on any atom is -0.477 e. The van der Waals surface area contributed by atoms with Crippen molar-refractivity contribution < 1.29 is 31.9 Å². The van der Waals surface area contributed by atoms with Crippen LogP contribution in [0.2, 0.25) is 0 Å². The predicted molar refractivity (Wildman–Crippen MR) is 223 cm³/mol. The van der Waals surface area contributed by atoms with Gasteiger partial charge in [0.05, 0.1) is 25.6 Å². The van der Waals surface area contributed by atoms with Crippen LogP contribution in [-0.2, 0) is 32.9 Å². The Bertz CT molecular complexity index is 2210. The van der Waals surface area contributed by atoms with Gasteiger partial charge in [0.2, 0.25) is 11.8 Å². The van der Waals surface area contributed by atoms with Gasteiger partial charge in [0.15, 0.2) is 19.8 Å². The van der Waals surface area contributed by atoms with E-state index in [1.54, 1.807) is 9.36 Å². The molecule has 2 aromatic carbocycles. The minimum absolute atomic E-state index is 0.0446. The smallest absolute Gasteiger partial charge is 0.354 e. The van der Waals surface area contributed by atoms with Crippen molar-refractivity contribution in [2.24, 2.45) is 19.0 Å². The fourth-order valence-corrected chi connectivity index (χ4v) is 8.70. The summed E-state index contributed by atoms with van der Waals surface area (Å²) in [4.78, 5) is 25.6. The number of hydrogen-bond donors (Lipinski definition) is 4. The van der Waals surface area contributed by atoms with Crippen molar-refractivity contribution in [1.29, 1.82) is 0 Å². The van der Waals surface area contributed by atoms with E-state index < -0.39 is 31.9 Å². The van der Waals surface area contributed by atoms with Crippen molar-refractivity contribution in [3.8, 4) is 11.8 Å². The summed E-state index contributed by atoms with van der Waals surface area (Å²) in [5.41, 5.74) is 5.57. The monoisotopic (exact) mass is 842 g/mol. The third-order valence-corrected chi connectivity index (χ3v) is 12.2. The van der Waals surface area contributed by atoms with E-state index in [0.717, 1.165) is 29.5 Å². The van der Waals surface area contributed by atoms with E-state index in [4.69, 9.17) is 19.8 Å². The number of aromatic nitrogens is 4. The van der Waals surface area contributed by atoms with Crippen LogP contribution >= 0.6 is 0 Å².